The van der Waals surface area contributed by atoms with Gasteiger partial charge in [0.1, 0.15) is 18.0 Å². The van der Waals surface area contributed by atoms with Gasteiger partial charge in [-0.2, -0.15) is 0 Å². The van der Waals surface area contributed by atoms with Crippen molar-refractivity contribution in [2.75, 3.05) is 6.61 Å². The molecule has 1 aromatic heterocycles. The number of carbonyl (C=O) groups excluding carboxylic acids is 4. The number of aliphatic carboxylic acids is 1. The quantitative estimate of drug-likeness (QED) is 0.167. The number of hydrogen-bond donors (Lipinski definition) is 2. The number of imidazole rings is 1. The predicted octanol–water partition coefficient (Wildman–Crippen LogP) is -3.51. The third-order valence-corrected chi connectivity index (χ3v) is 7.11. The van der Waals surface area contributed by atoms with Crippen LogP contribution in [0.1, 0.15) is 18.2 Å². The van der Waals surface area contributed by atoms with E-state index in [4.69, 9.17) is 4.74 Å². The van der Waals surface area contributed by atoms with Crippen LogP contribution < -0.4 is 40.0 Å². The molecule has 0 saturated carbocycles. The first kappa shape index (κ1) is 26.0. The number of nitrogens with zero attached hydrogens (tertiary/aromatic N) is 2. The number of nitrogens with one attached hydrogen (secondary N) is 2. The fourth-order valence-electron chi connectivity index (χ4n) is 3.91. The van der Waals surface area contributed by atoms with Gasteiger partial charge in [0.15, 0.2) is 0 Å². The van der Waals surface area contributed by atoms with Crippen LogP contribution in [-0.4, -0.2) is 67.4 Å². The molecule has 2 aromatic rings. The van der Waals surface area contributed by atoms with Crippen LogP contribution in [0.3, 0.4) is 0 Å². The smallest absolute Gasteiger partial charge is 0.548 e. The third kappa shape index (κ3) is 5.38. The molecule has 172 valence electrons. The minimum Gasteiger partial charge on any atom is -0.548 e. The van der Waals surface area contributed by atoms with E-state index in [-0.39, 0.29) is 48.5 Å². The molecular formula is C22H21N4NaO6S. The minimum absolute atomic E-state index is 0. The van der Waals surface area contributed by atoms with E-state index in [2.05, 4.69) is 15.3 Å². The number of β-lactam (4-membered cyclic amide) rings is 1. The number of carboxylic acids is 1. The first-order chi connectivity index (χ1) is 15.8. The predicted molar refractivity (Wildman–Crippen MR) is 116 cm³/mol. The van der Waals surface area contributed by atoms with Crippen LogP contribution in [0.5, 0.6) is 0 Å². The molecule has 0 radical (unpaired) electrons. The molecule has 2 saturated heterocycles. The molecule has 2 aliphatic heterocycles. The first-order valence-corrected chi connectivity index (χ1v) is 11.0. The molecule has 0 bridgehead atoms. The topological polar surface area (TPSA) is 145 Å². The number of amides is 2. The minimum atomic E-state index is -1.45. The second kappa shape index (κ2) is 10.8. The van der Waals surface area contributed by atoms with Gasteiger partial charge in [-0.3, -0.25) is 9.59 Å². The van der Waals surface area contributed by atoms with Crippen molar-refractivity contribution in [1.29, 1.82) is 0 Å². The molecule has 1 aromatic carbocycles. The first-order valence-electron chi connectivity index (χ1n) is 10.2. The van der Waals surface area contributed by atoms with E-state index in [0.29, 0.717) is 5.69 Å². The van der Waals surface area contributed by atoms with Crippen LogP contribution in [-0.2, 0) is 30.3 Å². The van der Waals surface area contributed by atoms with Crippen molar-refractivity contribution in [3.05, 3.63) is 60.2 Å². The molecule has 2 amide bonds. The van der Waals surface area contributed by atoms with E-state index in [1.54, 1.807) is 19.1 Å². The monoisotopic (exact) mass is 492 g/mol. The molecule has 3 heterocycles. The molecule has 4 rings (SSSR count). The molecule has 0 spiro atoms. The Labute approximate surface area is 221 Å². The number of ether oxygens (including phenoxy) is 1. The van der Waals surface area contributed by atoms with Gasteiger partial charge in [0.05, 0.1) is 41.4 Å². The summed E-state index contributed by atoms with van der Waals surface area (Å²) in [5, 5.41) is 14.0. The molecule has 2 fully saturated rings. The fraction of sp³-hybridized carbons (Fsp3) is 0.318. The fourth-order valence-corrected chi connectivity index (χ4v) is 5.59. The summed E-state index contributed by atoms with van der Waals surface area (Å²) in [5.74, 6) is -2.96. The molecule has 0 unspecified atom stereocenters. The van der Waals surface area contributed by atoms with E-state index in [0.717, 1.165) is 5.56 Å². The largest absolute Gasteiger partial charge is 1.00 e. The number of thioether (sulfide) groups is 1. The maximum Gasteiger partial charge on any atom is 1.00 e. The van der Waals surface area contributed by atoms with E-state index in [9.17, 15) is 24.3 Å². The van der Waals surface area contributed by atoms with Crippen molar-refractivity contribution in [2.24, 2.45) is 0 Å². The van der Waals surface area contributed by atoms with Crippen LogP contribution in [0, 0.1) is 0 Å². The zero-order valence-electron chi connectivity index (χ0n) is 18.6. The van der Waals surface area contributed by atoms with Crippen LogP contribution in [0.25, 0.3) is 6.08 Å². The summed E-state index contributed by atoms with van der Waals surface area (Å²) in [4.78, 5) is 56.9. The second-order valence-corrected chi connectivity index (χ2v) is 9.60. The Kier molecular flexibility index (Phi) is 8.24. The van der Waals surface area contributed by atoms with Gasteiger partial charge >= 0.3 is 35.5 Å². The number of hydrogen-bond acceptors (Lipinski definition) is 8. The summed E-state index contributed by atoms with van der Waals surface area (Å²) >= 11 is 1.17. The normalized spacial score (nSPS) is 25.3. The van der Waals surface area contributed by atoms with Crippen molar-refractivity contribution >= 4 is 41.6 Å². The Morgan fingerprint density at radius 3 is 2.71 bits per heavy atom. The SMILES string of the molecule is C[C@@]1(COC(=O)/C=C/c2cnc[nH]2)S[C@@H]2[C@H](NC(=O)Cc3ccccc3)C(=O)N2[C@H]1C(=O)[O-].[Na+]. The summed E-state index contributed by atoms with van der Waals surface area (Å²) in [6, 6.07) is 6.91. The number of benzene rings is 1. The maximum atomic E-state index is 12.7. The van der Waals surface area contributed by atoms with Gasteiger partial charge in [0.2, 0.25) is 11.8 Å². The number of aromatic amines is 1. The molecule has 2 aliphatic rings. The van der Waals surface area contributed by atoms with Crippen molar-refractivity contribution < 1.29 is 58.6 Å². The molecule has 4 atom stereocenters. The number of rotatable bonds is 8. The van der Waals surface area contributed by atoms with Crippen LogP contribution in [0.2, 0.25) is 0 Å². The molecule has 10 nitrogen and oxygen atoms in total. The van der Waals surface area contributed by atoms with Gasteiger partial charge in [0.25, 0.3) is 0 Å². The number of aromatic nitrogens is 2. The zero-order valence-corrected chi connectivity index (χ0v) is 21.4. The van der Waals surface area contributed by atoms with E-state index >= 15 is 0 Å². The summed E-state index contributed by atoms with van der Waals surface area (Å²) in [7, 11) is 0. The number of carboxylic acid groups (broad SMARTS) is 1. The Hall–Kier alpha value is -2.60. The van der Waals surface area contributed by atoms with E-state index < -0.39 is 40.1 Å². The number of esters is 1. The average Bonchev–Trinajstić information content (AvgIpc) is 3.40. The summed E-state index contributed by atoms with van der Waals surface area (Å²) in [6.07, 6.45) is 5.75. The standard InChI is InChI=1S/C22H22N4O6S.Na/c1-22(11-32-16(28)8-7-14-10-23-12-24-14)18(21(30)31)26-19(29)17(20(26)33-22)25-15(27)9-13-5-3-2-4-6-13;/h2-8,10,12,17-18,20H,9,11H2,1H3,(H,23,24)(H,25,27)(H,30,31);/q;+1/p-1/b8-7+;/t17-,18+,20-,22+;/m1./s1. The molecule has 34 heavy (non-hydrogen) atoms. The number of H-pyrrole nitrogens is 1. The third-order valence-electron chi connectivity index (χ3n) is 5.49. The zero-order chi connectivity index (χ0) is 23.6. The van der Waals surface area contributed by atoms with Gasteiger partial charge in [-0.05, 0) is 18.6 Å². The summed E-state index contributed by atoms with van der Waals surface area (Å²) in [6.45, 7) is 1.34. The van der Waals surface area contributed by atoms with Gasteiger partial charge in [-0.25, -0.2) is 9.78 Å². The Balaban J connectivity index is 0.00000324. The Bertz CT molecular complexity index is 1100. The molecule has 0 aliphatic carbocycles. The summed E-state index contributed by atoms with van der Waals surface area (Å²) in [5.41, 5.74) is 1.40. The second-order valence-electron chi connectivity index (χ2n) is 7.94. The molecule has 2 N–H and O–H groups in total. The number of carbonyl (C=O) groups is 4. The van der Waals surface area contributed by atoms with Gasteiger partial charge < -0.3 is 29.8 Å². The molecular weight excluding hydrogens is 471 g/mol. The van der Waals surface area contributed by atoms with Crippen LogP contribution in [0.4, 0.5) is 0 Å². The average molecular weight is 492 g/mol. The van der Waals surface area contributed by atoms with E-state index in [1.165, 1.54) is 41.3 Å². The maximum absolute atomic E-state index is 12.7. The van der Waals surface area contributed by atoms with Crippen LogP contribution in [0.15, 0.2) is 48.9 Å². The van der Waals surface area contributed by atoms with Crippen molar-refractivity contribution in [2.45, 2.75) is 35.5 Å². The van der Waals surface area contributed by atoms with Crippen molar-refractivity contribution in [3.8, 4) is 0 Å². The Morgan fingerprint density at radius 2 is 2.06 bits per heavy atom. The summed E-state index contributed by atoms with van der Waals surface area (Å²) < 4.78 is 4.12. The van der Waals surface area contributed by atoms with E-state index in [1.807, 2.05) is 18.2 Å². The Morgan fingerprint density at radius 1 is 1.32 bits per heavy atom. The van der Waals surface area contributed by atoms with Crippen molar-refractivity contribution in [1.82, 2.24) is 20.2 Å². The van der Waals surface area contributed by atoms with Crippen molar-refractivity contribution in [3.63, 3.8) is 0 Å². The van der Waals surface area contributed by atoms with Gasteiger partial charge in [-0.15, -0.1) is 11.8 Å². The van der Waals surface area contributed by atoms with Gasteiger partial charge in [0, 0.05) is 6.08 Å². The van der Waals surface area contributed by atoms with Crippen LogP contribution >= 0.6 is 11.8 Å². The molecule has 12 heteroatoms. The van der Waals surface area contributed by atoms with Gasteiger partial charge in [-0.1, -0.05) is 30.3 Å². The number of fused-ring (bicyclic) bond motifs is 1.